The van der Waals surface area contributed by atoms with Crippen LogP contribution in [0, 0.1) is 0 Å². The van der Waals surface area contributed by atoms with Crippen molar-refractivity contribution in [1.29, 1.82) is 0 Å². The Morgan fingerprint density at radius 2 is 1.84 bits per heavy atom. The topological polar surface area (TPSA) is 44.8 Å². The number of ether oxygens (including phenoxy) is 3. The molecular weight excluding hydrogens is 244 g/mol. The van der Waals surface area contributed by atoms with Gasteiger partial charge in [0.1, 0.15) is 5.75 Å². The Hall–Kier alpha value is -2.49. The summed E-state index contributed by atoms with van der Waals surface area (Å²) in [5.74, 6) is 1.85. The number of hydrogen-bond acceptors (Lipinski definition) is 4. The number of ketones is 1. The van der Waals surface area contributed by atoms with Crippen LogP contribution in [-0.2, 0) is 0 Å². The minimum Gasteiger partial charge on any atom is -0.485 e. The zero-order valence-corrected chi connectivity index (χ0v) is 10.2. The highest BCUT2D eigenvalue weighted by atomic mass is 16.7. The third kappa shape index (κ3) is 2.52. The molecule has 0 N–H and O–H groups in total. The van der Waals surface area contributed by atoms with Gasteiger partial charge in [0.15, 0.2) is 23.9 Å². The molecule has 2 aromatic rings. The number of carbonyl (C=O) groups excluding carboxylic acids is 1. The van der Waals surface area contributed by atoms with Crippen molar-refractivity contribution in [2.24, 2.45) is 0 Å². The van der Waals surface area contributed by atoms with E-state index in [1.54, 1.807) is 18.2 Å². The third-order valence-corrected chi connectivity index (χ3v) is 2.81. The van der Waals surface area contributed by atoms with Crippen molar-refractivity contribution in [3.05, 3.63) is 54.1 Å². The maximum absolute atomic E-state index is 12.0. The van der Waals surface area contributed by atoms with E-state index in [4.69, 9.17) is 14.2 Å². The van der Waals surface area contributed by atoms with Crippen LogP contribution in [0.1, 0.15) is 10.4 Å². The summed E-state index contributed by atoms with van der Waals surface area (Å²) in [5.41, 5.74) is 0.556. The van der Waals surface area contributed by atoms with Crippen molar-refractivity contribution >= 4 is 5.78 Å². The molecular formula is C15H12O4. The Kier molecular flexibility index (Phi) is 3.06. The first-order valence-electron chi connectivity index (χ1n) is 5.93. The molecule has 0 spiro atoms. The average Bonchev–Trinajstić information content (AvgIpc) is 2.93. The lowest BCUT2D eigenvalue weighted by Gasteiger charge is -2.05. The maximum atomic E-state index is 12.0. The van der Waals surface area contributed by atoms with Gasteiger partial charge in [-0.3, -0.25) is 4.79 Å². The number of carbonyl (C=O) groups is 1. The molecule has 3 rings (SSSR count). The van der Waals surface area contributed by atoms with Gasteiger partial charge >= 0.3 is 0 Å². The predicted molar refractivity (Wildman–Crippen MR) is 68.8 cm³/mol. The zero-order valence-electron chi connectivity index (χ0n) is 10.2. The molecule has 0 saturated carbocycles. The highest BCUT2D eigenvalue weighted by Gasteiger charge is 2.16. The summed E-state index contributed by atoms with van der Waals surface area (Å²) in [6, 6.07) is 14.4. The van der Waals surface area contributed by atoms with Crippen molar-refractivity contribution in [2.75, 3.05) is 13.4 Å². The fourth-order valence-electron chi connectivity index (χ4n) is 1.82. The lowest BCUT2D eigenvalue weighted by Crippen LogP contribution is -2.11. The number of hydrogen-bond donors (Lipinski definition) is 0. The smallest absolute Gasteiger partial charge is 0.231 e. The van der Waals surface area contributed by atoms with E-state index in [1.807, 2.05) is 30.3 Å². The van der Waals surface area contributed by atoms with Gasteiger partial charge in [0.25, 0.3) is 0 Å². The number of para-hydroxylation sites is 1. The molecule has 19 heavy (non-hydrogen) atoms. The minimum absolute atomic E-state index is 0.00363. The second-order valence-corrected chi connectivity index (χ2v) is 4.09. The van der Waals surface area contributed by atoms with Gasteiger partial charge in [-0.15, -0.1) is 0 Å². The van der Waals surface area contributed by atoms with Gasteiger partial charge in [-0.2, -0.15) is 0 Å². The zero-order chi connectivity index (χ0) is 13.1. The summed E-state index contributed by atoms with van der Waals surface area (Å²) in [7, 11) is 0. The van der Waals surface area contributed by atoms with Crippen molar-refractivity contribution in [2.45, 2.75) is 0 Å². The quantitative estimate of drug-likeness (QED) is 0.789. The minimum atomic E-state index is -0.0952. The van der Waals surface area contributed by atoms with E-state index < -0.39 is 0 Å². The summed E-state index contributed by atoms with van der Waals surface area (Å²) in [6.07, 6.45) is 0. The second kappa shape index (κ2) is 5.02. The first kappa shape index (κ1) is 11.6. The van der Waals surface area contributed by atoms with Crippen molar-refractivity contribution in [3.8, 4) is 17.2 Å². The lowest BCUT2D eigenvalue weighted by molar-refractivity contribution is 0.0921. The number of fused-ring (bicyclic) bond motifs is 1. The molecule has 96 valence electrons. The summed E-state index contributed by atoms with van der Waals surface area (Å²) >= 11 is 0. The summed E-state index contributed by atoms with van der Waals surface area (Å²) < 4.78 is 15.9. The van der Waals surface area contributed by atoms with Crippen LogP contribution < -0.4 is 14.2 Å². The molecule has 1 heterocycles. The molecule has 4 nitrogen and oxygen atoms in total. The van der Waals surface area contributed by atoms with E-state index in [2.05, 4.69) is 0 Å². The maximum Gasteiger partial charge on any atom is 0.231 e. The van der Waals surface area contributed by atoms with Crippen LogP contribution in [0.4, 0.5) is 0 Å². The number of rotatable bonds is 4. The number of Topliss-reactive ketones (excluding diaryl/α,β-unsaturated/α-hetero) is 1. The van der Waals surface area contributed by atoms with Gasteiger partial charge in [0.05, 0.1) is 0 Å². The Bertz CT molecular complexity index is 592. The van der Waals surface area contributed by atoms with Crippen molar-refractivity contribution in [1.82, 2.24) is 0 Å². The molecule has 0 saturated heterocycles. The van der Waals surface area contributed by atoms with Gasteiger partial charge in [0, 0.05) is 5.56 Å². The van der Waals surface area contributed by atoms with Gasteiger partial charge in [-0.05, 0) is 30.3 Å². The first-order chi connectivity index (χ1) is 9.33. The summed E-state index contributed by atoms with van der Waals surface area (Å²) in [6.45, 7) is 0.206. The molecule has 0 aromatic heterocycles. The molecule has 0 radical (unpaired) electrons. The van der Waals surface area contributed by atoms with Gasteiger partial charge in [0.2, 0.25) is 6.79 Å². The standard InChI is InChI=1S/C15H12O4/c16-13(9-17-12-4-2-1-3-5-12)11-6-7-14-15(8-11)19-10-18-14/h1-8H,9-10H2. The molecule has 0 bridgehead atoms. The van der Waals surface area contributed by atoms with E-state index in [0.717, 1.165) is 0 Å². The Morgan fingerprint density at radius 3 is 2.68 bits per heavy atom. The SMILES string of the molecule is O=C(COc1ccccc1)c1ccc2c(c1)OCO2. The molecule has 0 amide bonds. The van der Waals surface area contributed by atoms with Crippen LogP contribution in [0.25, 0.3) is 0 Å². The molecule has 0 aliphatic carbocycles. The van der Waals surface area contributed by atoms with Gasteiger partial charge < -0.3 is 14.2 Å². The average molecular weight is 256 g/mol. The molecule has 4 heteroatoms. The van der Waals surface area contributed by atoms with Crippen molar-refractivity contribution in [3.63, 3.8) is 0 Å². The summed E-state index contributed by atoms with van der Waals surface area (Å²) in [4.78, 5) is 12.0. The molecule has 0 fully saturated rings. The van der Waals surface area contributed by atoms with Crippen LogP contribution in [0.5, 0.6) is 17.2 Å². The van der Waals surface area contributed by atoms with Crippen LogP contribution >= 0.6 is 0 Å². The normalized spacial score (nSPS) is 12.2. The van der Waals surface area contributed by atoms with E-state index in [1.165, 1.54) is 0 Å². The van der Waals surface area contributed by atoms with Crippen molar-refractivity contribution < 1.29 is 19.0 Å². The van der Waals surface area contributed by atoms with E-state index >= 15 is 0 Å². The Balaban J connectivity index is 1.67. The van der Waals surface area contributed by atoms with E-state index in [9.17, 15) is 4.79 Å². The van der Waals surface area contributed by atoms with E-state index in [0.29, 0.717) is 22.8 Å². The largest absolute Gasteiger partial charge is 0.485 e. The Labute approximate surface area is 110 Å². The predicted octanol–water partition coefficient (Wildman–Crippen LogP) is 2.68. The van der Waals surface area contributed by atoms with E-state index in [-0.39, 0.29) is 19.2 Å². The van der Waals surface area contributed by atoms with Gasteiger partial charge in [-0.25, -0.2) is 0 Å². The molecule has 0 unspecified atom stereocenters. The van der Waals surface area contributed by atoms with Crippen LogP contribution in [-0.4, -0.2) is 19.2 Å². The van der Waals surface area contributed by atoms with Crippen LogP contribution in [0.15, 0.2) is 48.5 Å². The molecule has 0 atom stereocenters. The highest BCUT2D eigenvalue weighted by molar-refractivity contribution is 5.97. The number of benzene rings is 2. The molecule has 1 aliphatic heterocycles. The fourth-order valence-corrected chi connectivity index (χ4v) is 1.82. The monoisotopic (exact) mass is 256 g/mol. The van der Waals surface area contributed by atoms with Crippen LogP contribution in [0.3, 0.4) is 0 Å². The van der Waals surface area contributed by atoms with Crippen LogP contribution in [0.2, 0.25) is 0 Å². The lowest BCUT2D eigenvalue weighted by atomic mass is 10.1. The molecule has 1 aliphatic rings. The Morgan fingerprint density at radius 1 is 1.05 bits per heavy atom. The summed E-state index contributed by atoms with van der Waals surface area (Å²) in [5, 5.41) is 0. The first-order valence-corrected chi connectivity index (χ1v) is 5.93. The third-order valence-electron chi connectivity index (χ3n) is 2.81. The second-order valence-electron chi connectivity index (χ2n) is 4.09. The van der Waals surface area contributed by atoms with Gasteiger partial charge in [-0.1, -0.05) is 18.2 Å². The molecule has 2 aromatic carbocycles. The highest BCUT2D eigenvalue weighted by Crippen LogP contribution is 2.32. The fraction of sp³-hybridized carbons (Fsp3) is 0.133.